The quantitative estimate of drug-likeness (QED) is 0.627. The van der Waals surface area contributed by atoms with E-state index in [1.165, 1.54) is 0 Å². The second-order valence-electron chi connectivity index (χ2n) is 6.73. The van der Waals surface area contributed by atoms with E-state index in [1.807, 2.05) is 0 Å². The van der Waals surface area contributed by atoms with Gasteiger partial charge in [0.05, 0.1) is 15.2 Å². The van der Waals surface area contributed by atoms with Crippen LogP contribution in [0.25, 0.3) is 0 Å². The Kier molecular flexibility index (Phi) is 3.45. The molecule has 0 unspecified atom stereocenters. The summed E-state index contributed by atoms with van der Waals surface area (Å²) < 4.78 is 0. The first-order valence-corrected chi connectivity index (χ1v) is 14.0. The van der Waals surface area contributed by atoms with Gasteiger partial charge in [-0.2, -0.15) is 0 Å². The molecule has 0 fully saturated rings. The van der Waals surface area contributed by atoms with Crippen LogP contribution in [0.1, 0.15) is 26.7 Å². The molecule has 0 spiro atoms. The average molecular weight is 275 g/mol. The largest absolute Gasteiger partial charge is 0.0815 e. The second-order valence-corrected chi connectivity index (χ2v) is 21.8. The van der Waals surface area contributed by atoms with E-state index in [-0.39, 0.29) is 0 Å². The predicted octanol–water partition coefficient (Wildman–Crippen LogP) is 5.11. The number of rotatable bonds is 3. The van der Waals surface area contributed by atoms with Crippen molar-refractivity contribution in [2.24, 2.45) is 0 Å². The Morgan fingerprint density at radius 2 is 1.00 bits per heavy atom. The highest BCUT2D eigenvalue weighted by Gasteiger charge is 2.47. The van der Waals surface area contributed by atoms with Gasteiger partial charge in [-0.3, -0.25) is 0 Å². The molecule has 0 nitrogen and oxygen atoms in total. The molecule has 0 aromatic carbocycles. The Morgan fingerprint density at radius 1 is 0.667 bits per heavy atom. The fraction of sp³-hybridized carbons (Fsp3) is 0.500. The van der Waals surface area contributed by atoms with E-state index < -0.39 is 15.2 Å². The third-order valence-electron chi connectivity index (χ3n) is 5.25. The summed E-state index contributed by atoms with van der Waals surface area (Å²) in [5.74, 6) is 0. The van der Waals surface area contributed by atoms with Crippen LogP contribution < -0.4 is 0 Å². The Bertz CT molecular complexity index is 439. The predicted molar refractivity (Wildman–Crippen MR) is 87.9 cm³/mol. The topological polar surface area (TPSA) is 0 Å². The molecule has 0 amide bonds. The smallest absolute Gasteiger partial charge is 0.0790 e. The van der Waals surface area contributed by atoms with Gasteiger partial charge in [-0.15, -0.1) is 0 Å². The van der Waals surface area contributed by atoms with E-state index >= 15 is 0 Å². The van der Waals surface area contributed by atoms with Gasteiger partial charge in [-0.25, -0.2) is 0 Å². The van der Waals surface area contributed by atoms with Gasteiger partial charge in [-0.05, 0) is 26.7 Å². The minimum absolute atomic E-state index is 1.16. The average Bonchev–Trinajstić information content (AvgIpc) is 2.86. The van der Waals surface area contributed by atoms with Gasteiger partial charge in [0.25, 0.3) is 0 Å². The van der Waals surface area contributed by atoms with Crippen LogP contribution in [-0.4, -0.2) is 15.2 Å². The Hall–Kier alpha value is -0.606. The molecular formula is C16H26Si2. The summed E-state index contributed by atoms with van der Waals surface area (Å²) in [6, 6.07) is 0. The van der Waals surface area contributed by atoms with Crippen molar-refractivity contribution in [2.45, 2.75) is 52.9 Å². The second kappa shape index (κ2) is 4.50. The Balaban J connectivity index is 2.41. The van der Waals surface area contributed by atoms with E-state index in [0.29, 0.717) is 0 Å². The molecule has 2 heteroatoms. The molecule has 2 aliphatic carbocycles. The molecule has 0 bridgehead atoms. The fourth-order valence-electron chi connectivity index (χ4n) is 3.42. The molecular weight excluding hydrogens is 248 g/mol. The molecule has 0 heterocycles. The van der Waals surface area contributed by atoms with Gasteiger partial charge in [0, 0.05) is 0 Å². The van der Waals surface area contributed by atoms with Gasteiger partial charge in [0.2, 0.25) is 0 Å². The van der Waals surface area contributed by atoms with E-state index in [2.05, 4.69) is 64.3 Å². The minimum atomic E-state index is -1.35. The zero-order valence-electron chi connectivity index (χ0n) is 12.7. The monoisotopic (exact) mass is 274 g/mol. The summed E-state index contributed by atoms with van der Waals surface area (Å²) in [6.45, 7) is 15.0. The lowest BCUT2D eigenvalue weighted by Gasteiger charge is -2.42. The van der Waals surface area contributed by atoms with Crippen molar-refractivity contribution in [3.05, 3.63) is 45.8 Å². The van der Waals surface area contributed by atoms with Crippen LogP contribution in [0.15, 0.2) is 45.8 Å². The molecule has 18 heavy (non-hydrogen) atoms. The Labute approximate surface area is 114 Å². The lowest BCUT2D eigenvalue weighted by molar-refractivity contribution is 1.42. The summed E-state index contributed by atoms with van der Waals surface area (Å²) in [5.41, 5.74) is 3.12. The summed E-state index contributed by atoms with van der Waals surface area (Å²) in [4.78, 5) is 0. The fourth-order valence-corrected chi connectivity index (χ4v) is 14.0. The van der Waals surface area contributed by atoms with Crippen LogP contribution in [0.2, 0.25) is 26.2 Å². The van der Waals surface area contributed by atoms with Gasteiger partial charge in [-0.1, -0.05) is 72.0 Å². The first kappa shape index (κ1) is 13.8. The SMILES string of the molecule is CC1=CCC=C1[Si](C)(C)[Si](C)(C)C1=CCC=C1C. The van der Waals surface area contributed by atoms with E-state index in [4.69, 9.17) is 0 Å². The van der Waals surface area contributed by atoms with Crippen molar-refractivity contribution in [1.82, 2.24) is 0 Å². The van der Waals surface area contributed by atoms with Crippen molar-refractivity contribution in [1.29, 1.82) is 0 Å². The van der Waals surface area contributed by atoms with Crippen molar-refractivity contribution < 1.29 is 0 Å². The maximum Gasteiger partial charge on any atom is 0.0790 e. The number of hydrogen-bond donors (Lipinski definition) is 0. The van der Waals surface area contributed by atoms with E-state index in [1.54, 1.807) is 21.5 Å². The standard InChI is InChI=1S/C16H26Si2/c1-13-9-7-11-15(13)17(3,4)18(5,6)16-12-8-10-14(16)2/h9-12H,7-8H2,1-6H3. The highest BCUT2D eigenvalue weighted by molar-refractivity contribution is 7.46. The first-order chi connectivity index (χ1) is 8.28. The van der Waals surface area contributed by atoms with Crippen LogP contribution in [-0.2, 0) is 0 Å². The van der Waals surface area contributed by atoms with Crippen LogP contribution in [0.3, 0.4) is 0 Å². The molecule has 98 valence electrons. The van der Waals surface area contributed by atoms with Crippen molar-refractivity contribution in [3.8, 4) is 0 Å². The lowest BCUT2D eigenvalue weighted by atomic mass is 10.3. The molecule has 0 aromatic rings. The zero-order chi connectivity index (χ0) is 13.6. The number of hydrogen-bond acceptors (Lipinski definition) is 0. The van der Waals surface area contributed by atoms with Crippen LogP contribution in [0.4, 0.5) is 0 Å². The van der Waals surface area contributed by atoms with Gasteiger partial charge in [0.1, 0.15) is 0 Å². The van der Waals surface area contributed by atoms with Gasteiger partial charge < -0.3 is 0 Å². The highest BCUT2D eigenvalue weighted by Crippen LogP contribution is 2.40. The molecule has 2 aliphatic rings. The maximum atomic E-state index is 2.60. The molecule has 0 aliphatic heterocycles. The highest BCUT2D eigenvalue weighted by atomic mass is 29.3. The van der Waals surface area contributed by atoms with Crippen LogP contribution >= 0.6 is 0 Å². The third kappa shape index (κ3) is 1.95. The molecule has 0 aromatic heterocycles. The lowest BCUT2D eigenvalue weighted by Crippen LogP contribution is -2.58. The zero-order valence-corrected chi connectivity index (χ0v) is 14.7. The van der Waals surface area contributed by atoms with E-state index in [9.17, 15) is 0 Å². The Morgan fingerprint density at radius 3 is 1.22 bits per heavy atom. The van der Waals surface area contributed by atoms with Crippen molar-refractivity contribution in [3.63, 3.8) is 0 Å². The summed E-state index contributed by atoms with van der Waals surface area (Å²) in [6.07, 6.45) is 12.1. The summed E-state index contributed by atoms with van der Waals surface area (Å²) in [7, 11) is -2.69. The van der Waals surface area contributed by atoms with Gasteiger partial charge >= 0.3 is 0 Å². The molecule has 0 atom stereocenters. The number of allylic oxidation sites excluding steroid dienone is 8. The van der Waals surface area contributed by atoms with Crippen molar-refractivity contribution in [2.75, 3.05) is 0 Å². The van der Waals surface area contributed by atoms with E-state index in [0.717, 1.165) is 12.8 Å². The van der Waals surface area contributed by atoms with Crippen LogP contribution in [0.5, 0.6) is 0 Å². The first-order valence-electron chi connectivity index (χ1n) is 7.04. The van der Waals surface area contributed by atoms with Crippen molar-refractivity contribution >= 4 is 15.2 Å². The third-order valence-corrected chi connectivity index (χ3v) is 23.3. The molecule has 0 radical (unpaired) electrons. The molecule has 0 N–H and O–H groups in total. The maximum absolute atomic E-state index is 2.60. The molecule has 0 saturated carbocycles. The summed E-state index contributed by atoms with van der Waals surface area (Å²) in [5, 5.41) is 3.47. The van der Waals surface area contributed by atoms with Gasteiger partial charge in [0.15, 0.2) is 0 Å². The summed E-state index contributed by atoms with van der Waals surface area (Å²) >= 11 is 0. The molecule has 0 saturated heterocycles. The minimum Gasteiger partial charge on any atom is -0.0815 e. The normalized spacial score (nSPS) is 20.6. The molecule has 2 rings (SSSR count). The van der Waals surface area contributed by atoms with Crippen LogP contribution in [0, 0.1) is 0 Å².